The third-order valence-electron chi connectivity index (χ3n) is 2.92. The number of aryl methyl sites for hydroxylation is 3. The number of H-pyrrole nitrogens is 1. The van der Waals surface area contributed by atoms with E-state index in [9.17, 15) is 4.79 Å². The fourth-order valence-electron chi connectivity index (χ4n) is 1.79. The molecule has 0 aliphatic heterocycles. The zero-order chi connectivity index (χ0) is 13.5. The van der Waals surface area contributed by atoms with E-state index in [4.69, 9.17) is 0 Å². The van der Waals surface area contributed by atoms with Gasteiger partial charge in [-0.15, -0.1) is 5.10 Å². The van der Waals surface area contributed by atoms with Crippen molar-refractivity contribution in [2.24, 2.45) is 0 Å². The number of aromatic nitrogens is 5. The molecule has 2 N–H and O–H groups in total. The molecule has 0 radical (unpaired) electrons. The van der Waals surface area contributed by atoms with E-state index in [0.717, 1.165) is 18.5 Å². The van der Waals surface area contributed by atoms with Crippen LogP contribution in [0.15, 0.2) is 18.6 Å². The molecule has 0 saturated heterocycles. The van der Waals surface area contributed by atoms with Gasteiger partial charge >= 0.3 is 0 Å². The second-order valence-corrected chi connectivity index (χ2v) is 4.39. The Balaban J connectivity index is 1.58. The molecular formula is C12H18N6O. The van der Waals surface area contributed by atoms with E-state index in [0.29, 0.717) is 19.5 Å². The van der Waals surface area contributed by atoms with Crippen molar-refractivity contribution in [2.45, 2.75) is 32.7 Å². The highest BCUT2D eigenvalue weighted by Crippen LogP contribution is 2.04. The van der Waals surface area contributed by atoms with Crippen LogP contribution in [0, 0.1) is 6.92 Å². The molecule has 0 aliphatic rings. The third-order valence-corrected chi connectivity index (χ3v) is 2.92. The van der Waals surface area contributed by atoms with Crippen LogP contribution in [-0.2, 0) is 17.8 Å². The quantitative estimate of drug-likeness (QED) is 0.709. The Kier molecular flexibility index (Phi) is 4.66. The molecular weight excluding hydrogens is 244 g/mol. The lowest BCUT2D eigenvalue weighted by Crippen LogP contribution is -2.25. The Morgan fingerprint density at radius 1 is 1.53 bits per heavy atom. The van der Waals surface area contributed by atoms with Gasteiger partial charge in [-0.25, -0.2) is 0 Å². The number of nitrogens with zero attached hydrogens (tertiary/aromatic N) is 4. The van der Waals surface area contributed by atoms with Gasteiger partial charge in [-0.3, -0.25) is 14.6 Å². The SMILES string of the molecule is Cc1[nH]ncc1CCCNC(=O)CCn1ccnn1. The standard InChI is InChI=1S/C12H18N6O/c1-10-11(9-15-16-10)3-2-5-13-12(19)4-7-18-8-6-14-17-18/h6,8-9H,2-5,7H2,1H3,(H,13,19)(H,15,16). The summed E-state index contributed by atoms with van der Waals surface area (Å²) in [7, 11) is 0. The van der Waals surface area contributed by atoms with Crippen LogP contribution in [0.25, 0.3) is 0 Å². The number of amides is 1. The fourth-order valence-corrected chi connectivity index (χ4v) is 1.79. The van der Waals surface area contributed by atoms with Gasteiger partial charge in [0, 0.05) is 24.9 Å². The summed E-state index contributed by atoms with van der Waals surface area (Å²) in [6, 6.07) is 0. The van der Waals surface area contributed by atoms with Gasteiger partial charge in [0.15, 0.2) is 0 Å². The largest absolute Gasteiger partial charge is 0.356 e. The van der Waals surface area contributed by atoms with Gasteiger partial charge in [0.1, 0.15) is 0 Å². The van der Waals surface area contributed by atoms with Crippen LogP contribution in [0.2, 0.25) is 0 Å². The van der Waals surface area contributed by atoms with Crippen LogP contribution >= 0.6 is 0 Å². The lowest BCUT2D eigenvalue weighted by molar-refractivity contribution is -0.121. The minimum atomic E-state index is 0.0411. The molecule has 2 aromatic heterocycles. The van der Waals surface area contributed by atoms with Crippen LogP contribution < -0.4 is 5.32 Å². The minimum absolute atomic E-state index is 0.0411. The van der Waals surface area contributed by atoms with Gasteiger partial charge in [-0.2, -0.15) is 5.10 Å². The lowest BCUT2D eigenvalue weighted by Gasteiger charge is -2.05. The van der Waals surface area contributed by atoms with E-state index >= 15 is 0 Å². The molecule has 2 rings (SSSR count). The zero-order valence-electron chi connectivity index (χ0n) is 11.0. The number of hydrogen-bond acceptors (Lipinski definition) is 4. The molecule has 0 unspecified atom stereocenters. The maximum Gasteiger partial charge on any atom is 0.221 e. The molecule has 0 fully saturated rings. The fraction of sp³-hybridized carbons (Fsp3) is 0.500. The summed E-state index contributed by atoms with van der Waals surface area (Å²) in [6.45, 7) is 3.24. The van der Waals surface area contributed by atoms with Crippen LogP contribution in [0.4, 0.5) is 0 Å². The van der Waals surface area contributed by atoms with Gasteiger partial charge in [0.25, 0.3) is 0 Å². The molecule has 19 heavy (non-hydrogen) atoms. The summed E-state index contributed by atoms with van der Waals surface area (Å²) in [6.07, 6.45) is 7.44. The first-order chi connectivity index (χ1) is 9.25. The highest BCUT2D eigenvalue weighted by molar-refractivity contribution is 5.75. The average Bonchev–Trinajstić information content (AvgIpc) is 3.04. The van der Waals surface area contributed by atoms with Gasteiger partial charge in [0.05, 0.1) is 18.9 Å². The predicted octanol–water partition coefficient (Wildman–Crippen LogP) is 0.449. The van der Waals surface area contributed by atoms with Crippen LogP contribution in [0.1, 0.15) is 24.1 Å². The molecule has 2 heterocycles. The third kappa shape index (κ3) is 4.20. The van der Waals surface area contributed by atoms with Crippen molar-refractivity contribution in [1.29, 1.82) is 0 Å². The van der Waals surface area contributed by atoms with Crippen molar-refractivity contribution in [3.63, 3.8) is 0 Å². The van der Waals surface area contributed by atoms with Gasteiger partial charge in [-0.1, -0.05) is 5.21 Å². The van der Waals surface area contributed by atoms with Crippen molar-refractivity contribution in [2.75, 3.05) is 6.54 Å². The van der Waals surface area contributed by atoms with Crippen molar-refractivity contribution < 1.29 is 4.79 Å². The van der Waals surface area contributed by atoms with E-state index < -0.39 is 0 Å². The number of aromatic amines is 1. The minimum Gasteiger partial charge on any atom is -0.356 e. The molecule has 7 heteroatoms. The van der Waals surface area contributed by atoms with E-state index in [1.165, 1.54) is 5.56 Å². The molecule has 0 spiro atoms. The Hall–Kier alpha value is -2.18. The second-order valence-electron chi connectivity index (χ2n) is 4.39. The van der Waals surface area contributed by atoms with E-state index in [1.807, 2.05) is 13.1 Å². The number of carbonyl (C=O) groups is 1. The molecule has 0 aromatic carbocycles. The molecule has 1 amide bonds. The molecule has 7 nitrogen and oxygen atoms in total. The first kappa shape index (κ1) is 13.3. The van der Waals surface area contributed by atoms with Gasteiger partial charge < -0.3 is 5.32 Å². The monoisotopic (exact) mass is 262 g/mol. The van der Waals surface area contributed by atoms with Crippen molar-refractivity contribution in [1.82, 2.24) is 30.5 Å². The number of rotatable bonds is 7. The Morgan fingerprint density at radius 3 is 3.11 bits per heavy atom. The summed E-state index contributed by atoms with van der Waals surface area (Å²) in [5.41, 5.74) is 2.30. The maximum atomic E-state index is 11.6. The summed E-state index contributed by atoms with van der Waals surface area (Å²) in [5.74, 6) is 0.0411. The molecule has 0 saturated carbocycles. The Morgan fingerprint density at radius 2 is 2.42 bits per heavy atom. The lowest BCUT2D eigenvalue weighted by atomic mass is 10.1. The Bertz CT molecular complexity index is 504. The summed E-state index contributed by atoms with van der Waals surface area (Å²) in [4.78, 5) is 11.6. The molecule has 2 aromatic rings. The highest BCUT2D eigenvalue weighted by atomic mass is 16.1. The topological polar surface area (TPSA) is 88.5 Å². The van der Waals surface area contributed by atoms with Crippen molar-refractivity contribution >= 4 is 5.91 Å². The maximum absolute atomic E-state index is 11.6. The van der Waals surface area contributed by atoms with Crippen molar-refractivity contribution in [3.05, 3.63) is 29.8 Å². The summed E-state index contributed by atoms with van der Waals surface area (Å²) in [5, 5.41) is 17.3. The van der Waals surface area contributed by atoms with E-state index in [2.05, 4.69) is 25.8 Å². The Labute approximate surface area is 111 Å². The normalized spacial score (nSPS) is 10.6. The molecule has 102 valence electrons. The van der Waals surface area contributed by atoms with Crippen molar-refractivity contribution in [3.8, 4) is 0 Å². The molecule has 0 atom stereocenters. The summed E-state index contributed by atoms with van der Waals surface area (Å²) < 4.78 is 1.65. The summed E-state index contributed by atoms with van der Waals surface area (Å²) >= 11 is 0. The van der Waals surface area contributed by atoms with E-state index in [-0.39, 0.29) is 5.91 Å². The highest BCUT2D eigenvalue weighted by Gasteiger charge is 2.03. The number of hydrogen-bond donors (Lipinski definition) is 2. The van der Waals surface area contributed by atoms with Crippen LogP contribution in [0.5, 0.6) is 0 Å². The van der Waals surface area contributed by atoms with Gasteiger partial charge in [-0.05, 0) is 25.3 Å². The smallest absolute Gasteiger partial charge is 0.221 e. The first-order valence-corrected chi connectivity index (χ1v) is 6.35. The predicted molar refractivity (Wildman–Crippen MR) is 69.3 cm³/mol. The van der Waals surface area contributed by atoms with Gasteiger partial charge in [0.2, 0.25) is 5.91 Å². The molecule has 0 aliphatic carbocycles. The zero-order valence-corrected chi connectivity index (χ0v) is 11.0. The number of nitrogens with one attached hydrogen (secondary N) is 2. The van der Waals surface area contributed by atoms with E-state index in [1.54, 1.807) is 17.1 Å². The number of carbonyl (C=O) groups excluding carboxylic acids is 1. The average molecular weight is 262 g/mol. The molecule has 0 bridgehead atoms. The van der Waals surface area contributed by atoms with Crippen LogP contribution in [-0.4, -0.2) is 37.6 Å². The second kappa shape index (κ2) is 6.67. The first-order valence-electron chi connectivity index (χ1n) is 6.35. The van der Waals surface area contributed by atoms with Crippen LogP contribution in [0.3, 0.4) is 0 Å².